The highest BCUT2D eigenvalue weighted by atomic mass is 35.5. The molecule has 2 rings (SSSR count). The van der Waals surface area contributed by atoms with Crippen molar-refractivity contribution in [3.63, 3.8) is 0 Å². The quantitative estimate of drug-likeness (QED) is 0.899. The van der Waals surface area contributed by atoms with E-state index in [4.69, 9.17) is 16.9 Å². The Labute approximate surface area is 118 Å². The Morgan fingerprint density at radius 1 is 1.58 bits per heavy atom. The fourth-order valence-corrected chi connectivity index (χ4v) is 2.41. The number of benzene rings is 1. The van der Waals surface area contributed by atoms with Gasteiger partial charge >= 0.3 is 0 Å². The molecule has 5 heteroatoms. The molecule has 19 heavy (non-hydrogen) atoms. The van der Waals surface area contributed by atoms with Gasteiger partial charge in [0, 0.05) is 18.1 Å². The number of nitrogens with zero attached hydrogens (tertiary/aromatic N) is 2. The Kier molecular flexibility index (Phi) is 4.41. The summed E-state index contributed by atoms with van der Waals surface area (Å²) in [6.45, 7) is 3.95. The van der Waals surface area contributed by atoms with Crippen molar-refractivity contribution in [1.82, 2.24) is 10.2 Å². The van der Waals surface area contributed by atoms with Crippen LogP contribution < -0.4 is 5.32 Å². The van der Waals surface area contributed by atoms with Gasteiger partial charge in [0.1, 0.15) is 0 Å². The van der Waals surface area contributed by atoms with Crippen LogP contribution in [0.3, 0.4) is 0 Å². The Hall–Kier alpha value is -1.57. The second-order valence-electron chi connectivity index (χ2n) is 4.71. The molecule has 1 fully saturated rings. The lowest BCUT2D eigenvalue weighted by atomic mass is 10.1. The number of rotatable bonds is 2. The van der Waals surface area contributed by atoms with Gasteiger partial charge in [0.25, 0.3) is 0 Å². The van der Waals surface area contributed by atoms with Crippen LogP contribution in [0.15, 0.2) is 18.2 Å². The summed E-state index contributed by atoms with van der Waals surface area (Å²) >= 11 is 6.15. The van der Waals surface area contributed by atoms with Gasteiger partial charge < -0.3 is 10.2 Å². The Morgan fingerprint density at radius 3 is 3.05 bits per heavy atom. The van der Waals surface area contributed by atoms with E-state index in [1.165, 1.54) is 0 Å². The Bertz CT molecular complexity index is 524. The van der Waals surface area contributed by atoms with Crippen molar-refractivity contribution in [3.05, 3.63) is 34.3 Å². The van der Waals surface area contributed by atoms with Crippen molar-refractivity contribution in [2.75, 3.05) is 13.1 Å². The van der Waals surface area contributed by atoms with E-state index in [2.05, 4.69) is 5.32 Å². The van der Waals surface area contributed by atoms with Gasteiger partial charge in [0.2, 0.25) is 5.91 Å². The second kappa shape index (κ2) is 6.05. The number of nitriles is 1. The van der Waals surface area contributed by atoms with Gasteiger partial charge in [0.05, 0.1) is 17.7 Å². The van der Waals surface area contributed by atoms with Crippen molar-refractivity contribution in [2.45, 2.75) is 25.9 Å². The zero-order chi connectivity index (χ0) is 13.8. The highest BCUT2D eigenvalue weighted by Crippen LogP contribution is 2.20. The molecule has 0 bridgehead atoms. The molecule has 1 aromatic carbocycles. The van der Waals surface area contributed by atoms with Crippen molar-refractivity contribution >= 4 is 17.5 Å². The molecule has 4 nitrogen and oxygen atoms in total. The lowest BCUT2D eigenvalue weighted by Gasteiger charge is -2.23. The molecule has 1 atom stereocenters. The zero-order valence-electron chi connectivity index (χ0n) is 10.8. The van der Waals surface area contributed by atoms with E-state index < -0.39 is 0 Å². The summed E-state index contributed by atoms with van der Waals surface area (Å²) in [5.41, 5.74) is 1.41. The van der Waals surface area contributed by atoms with Gasteiger partial charge in [-0.3, -0.25) is 4.79 Å². The third-order valence-electron chi connectivity index (χ3n) is 3.28. The fraction of sp³-hybridized carbons (Fsp3) is 0.429. The second-order valence-corrected chi connectivity index (χ2v) is 5.11. The lowest BCUT2D eigenvalue weighted by molar-refractivity contribution is -0.132. The molecule has 100 valence electrons. The van der Waals surface area contributed by atoms with Crippen molar-refractivity contribution < 1.29 is 4.79 Å². The average Bonchev–Trinajstić information content (AvgIpc) is 2.56. The fourth-order valence-electron chi connectivity index (χ4n) is 2.17. The maximum absolute atomic E-state index is 12.2. The van der Waals surface area contributed by atoms with Crippen molar-refractivity contribution in [1.29, 1.82) is 5.26 Å². The van der Waals surface area contributed by atoms with Crippen molar-refractivity contribution in [2.24, 2.45) is 0 Å². The van der Waals surface area contributed by atoms with E-state index >= 15 is 0 Å². The number of hydrogen-bond acceptors (Lipinski definition) is 3. The zero-order valence-corrected chi connectivity index (χ0v) is 11.6. The Balaban J connectivity index is 2.16. The van der Waals surface area contributed by atoms with Gasteiger partial charge in [0.15, 0.2) is 0 Å². The van der Waals surface area contributed by atoms with E-state index in [0.29, 0.717) is 17.1 Å². The number of amides is 1. The highest BCUT2D eigenvalue weighted by Gasteiger charge is 2.23. The summed E-state index contributed by atoms with van der Waals surface area (Å²) < 4.78 is 0. The van der Waals surface area contributed by atoms with Crippen LogP contribution in [0, 0.1) is 11.3 Å². The number of carbonyl (C=O) groups is 1. The molecule has 1 heterocycles. The van der Waals surface area contributed by atoms with Crippen LogP contribution in [-0.2, 0) is 11.3 Å². The van der Waals surface area contributed by atoms with Gasteiger partial charge in [-0.25, -0.2) is 0 Å². The SMILES string of the molecule is CC1NCCCN(Cc2ccc(C#N)cc2Cl)C1=O. The molecule has 1 N–H and O–H groups in total. The minimum absolute atomic E-state index is 0.0953. The predicted octanol–water partition coefficient (Wildman–Crippen LogP) is 1.92. The van der Waals surface area contributed by atoms with E-state index in [1.807, 2.05) is 24.0 Å². The van der Waals surface area contributed by atoms with E-state index in [9.17, 15) is 4.79 Å². The third kappa shape index (κ3) is 3.25. The number of carbonyl (C=O) groups excluding carboxylic acids is 1. The maximum Gasteiger partial charge on any atom is 0.239 e. The number of nitrogens with one attached hydrogen (secondary N) is 1. The summed E-state index contributed by atoms with van der Waals surface area (Å²) in [5, 5.41) is 12.5. The first-order valence-electron chi connectivity index (χ1n) is 6.32. The first-order valence-corrected chi connectivity index (χ1v) is 6.70. The minimum atomic E-state index is -0.153. The van der Waals surface area contributed by atoms with Crippen LogP contribution in [0.4, 0.5) is 0 Å². The van der Waals surface area contributed by atoms with Crippen LogP contribution in [0.25, 0.3) is 0 Å². The standard InChI is InChI=1S/C14H16ClN3O/c1-10-14(19)18(6-2-5-17-10)9-12-4-3-11(8-16)7-13(12)15/h3-4,7,10,17H,2,5-6,9H2,1H3. The molecule has 1 saturated heterocycles. The molecule has 1 unspecified atom stereocenters. The van der Waals surface area contributed by atoms with Crippen LogP contribution in [0.2, 0.25) is 5.02 Å². The average molecular weight is 278 g/mol. The summed E-state index contributed by atoms with van der Waals surface area (Å²) in [5.74, 6) is 0.0953. The predicted molar refractivity (Wildman–Crippen MR) is 73.7 cm³/mol. The molecule has 1 aliphatic heterocycles. The largest absolute Gasteiger partial charge is 0.337 e. The van der Waals surface area contributed by atoms with Gasteiger partial charge in [-0.1, -0.05) is 17.7 Å². The van der Waals surface area contributed by atoms with E-state index in [-0.39, 0.29) is 11.9 Å². The molecule has 1 amide bonds. The van der Waals surface area contributed by atoms with E-state index in [0.717, 1.165) is 25.1 Å². The van der Waals surface area contributed by atoms with E-state index in [1.54, 1.807) is 12.1 Å². The molecule has 0 aliphatic carbocycles. The summed E-state index contributed by atoms with van der Waals surface area (Å²) in [6.07, 6.45) is 0.935. The number of halogens is 1. The normalized spacial score (nSPS) is 19.9. The number of hydrogen-bond donors (Lipinski definition) is 1. The summed E-state index contributed by atoms with van der Waals surface area (Å²) in [7, 11) is 0. The molecule has 0 saturated carbocycles. The molecule has 1 aliphatic rings. The van der Waals surface area contributed by atoms with Crippen molar-refractivity contribution in [3.8, 4) is 6.07 Å². The van der Waals surface area contributed by atoms with Gasteiger partial charge in [-0.05, 0) is 37.6 Å². The highest BCUT2D eigenvalue weighted by molar-refractivity contribution is 6.31. The van der Waals surface area contributed by atoms with Crippen LogP contribution in [-0.4, -0.2) is 29.9 Å². The molecule has 1 aromatic rings. The molecular weight excluding hydrogens is 262 g/mol. The van der Waals surface area contributed by atoms with Gasteiger partial charge in [-0.15, -0.1) is 0 Å². The first kappa shape index (κ1) is 13.9. The van der Waals surface area contributed by atoms with Crippen LogP contribution >= 0.6 is 11.6 Å². The maximum atomic E-state index is 12.2. The third-order valence-corrected chi connectivity index (χ3v) is 3.63. The molecular formula is C14H16ClN3O. The lowest BCUT2D eigenvalue weighted by Crippen LogP contribution is -2.41. The molecule has 0 aromatic heterocycles. The first-order chi connectivity index (χ1) is 9.11. The minimum Gasteiger partial charge on any atom is -0.337 e. The van der Waals surface area contributed by atoms with Crippen LogP contribution in [0.5, 0.6) is 0 Å². The summed E-state index contributed by atoms with van der Waals surface area (Å²) in [6, 6.07) is 7.08. The Morgan fingerprint density at radius 2 is 2.37 bits per heavy atom. The molecule has 0 radical (unpaired) electrons. The van der Waals surface area contributed by atoms with Gasteiger partial charge in [-0.2, -0.15) is 5.26 Å². The van der Waals surface area contributed by atoms with Crippen LogP contribution in [0.1, 0.15) is 24.5 Å². The monoisotopic (exact) mass is 277 g/mol. The molecule has 0 spiro atoms. The topological polar surface area (TPSA) is 56.1 Å². The summed E-state index contributed by atoms with van der Waals surface area (Å²) in [4.78, 5) is 14.0. The smallest absolute Gasteiger partial charge is 0.239 e.